The summed E-state index contributed by atoms with van der Waals surface area (Å²) < 4.78 is 27.2. The quantitative estimate of drug-likeness (QED) is 0.716. The van der Waals surface area contributed by atoms with Crippen molar-refractivity contribution >= 4 is 27.7 Å². The second-order valence-electron chi connectivity index (χ2n) is 5.70. The topological polar surface area (TPSA) is 115 Å². The summed E-state index contributed by atoms with van der Waals surface area (Å²) in [6.07, 6.45) is 0. The molecule has 0 bridgehead atoms. The van der Waals surface area contributed by atoms with Crippen LogP contribution in [0.5, 0.6) is 0 Å². The molecule has 25 heavy (non-hydrogen) atoms. The number of nitrogens with zero attached hydrogens (tertiary/aromatic N) is 1. The van der Waals surface area contributed by atoms with E-state index in [0.717, 1.165) is 22.6 Å². The highest BCUT2D eigenvalue weighted by molar-refractivity contribution is 7.99. The average Bonchev–Trinajstić information content (AvgIpc) is 2.84. The molecule has 1 heterocycles. The molecule has 7 nitrogen and oxygen atoms in total. The highest BCUT2D eigenvalue weighted by Gasteiger charge is 2.10. The molecule has 0 aliphatic carbocycles. The third kappa shape index (κ3) is 6.52. The highest BCUT2D eigenvalue weighted by atomic mass is 32.2. The number of carbonyl (C=O) groups is 1. The smallest absolute Gasteiger partial charge is 0.230 e. The molecule has 0 unspecified atom stereocenters. The number of sulfonamides is 1. The van der Waals surface area contributed by atoms with Gasteiger partial charge in [-0.2, -0.15) is 0 Å². The molecule has 136 valence electrons. The normalized spacial score (nSPS) is 11.5. The van der Waals surface area contributed by atoms with Gasteiger partial charge in [-0.25, -0.2) is 13.6 Å². The van der Waals surface area contributed by atoms with Gasteiger partial charge in [0.2, 0.25) is 15.9 Å². The van der Waals surface area contributed by atoms with Crippen LogP contribution in [-0.2, 0) is 32.9 Å². The highest BCUT2D eigenvalue weighted by Crippen LogP contribution is 2.19. The molecule has 0 spiro atoms. The Labute approximate surface area is 151 Å². The van der Waals surface area contributed by atoms with Crippen molar-refractivity contribution in [3.63, 3.8) is 0 Å². The van der Waals surface area contributed by atoms with Crippen LogP contribution in [0.25, 0.3) is 0 Å². The maximum absolute atomic E-state index is 11.9. The maximum Gasteiger partial charge on any atom is 0.230 e. The van der Waals surface area contributed by atoms with Gasteiger partial charge in [-0.05, 0) is 25.0 Å². The standard InChI is InChI=1S/C16H21N3O4S2/c1-11-15(12(2)23-19-11)8-24-9-16(20)18-7-13-3-5-14(6-4-13)10-25(17,21)22/h3-6H,7-10H2,1-2H3,(H,18,20)(H2,17,21,22). The number of rotatable bonds is 8. The first-order valence-electron chi connectivity index (χ1n) is 7.59. The first-order chi connectivity index (χ1) is 11.7. The molecule has 0 aliphatic rings. The van der Waals surface area contributed by atoms with E-state index in [1.54, 1.807) is 24.3 Å². The molecular formula is C16H21N3O4S2. The van der Waals surface area contributed by atoms with E-state index in [0.29, 0.717) is 23.6 Å². The van der Waals surface area contributed by atoms with Crippen molar-refractivity contribution in [1.82, 2.24) is 10.5 Å². The van der Waals surface area contributed by atoms with Crippen LogP contribution in [-0.4, -0.2) is 25.2 Å². The van der Waals surface area contributed by atoms with Crippen LogP contribution >= 0.6 is 11.8 Å². The number of hydrogen-bond acceptors (Lipinski definition) is 6. The summed E-state index contributed by atoms with van der Waals surface area (Å²) in [6.45, 7) is 4.13. The number of primary sulfonamides is 1. The first-order valence-corrected chi connectivity index (χ1v) is 10.5. The van der Waals surface area contributed by atoms with Gasteiger partial charge < -0.3 is 9.84 Å². The zero-order valence-corrected chi connectivity index (χ0v) is 15.7. The fraction of sp³-hybridized carbons (Fsp3) is 0.375. The molecule has 1 aromatic heterocycles. The molecule has 0 aliphatic heterocycles. The number of amides is 1. The number of nitrogens with two attached hydrogens (primary N) is 1. The number of benzene rings is 1. The Balaban J connectivity index is 1.74. The van der Waals surface area contributed by atoms with E-state index >= 15 is 0 Å². The van der Waals surface area contributed by atoms with Gasteiger partial charge >= 0.3 is 0 Å². The van der Waals surface area contributed by atoms with Crippen LogP contribution in [0.4, 0.5) is 0 Å². The fourth-order valence-electron chi connectivity index (χ4n) is 2.19. The summed E-state index contributed by atoms with van der Waals surface area (Å²) in [6, 6.07) is 6.94. The Kier molecular flexibility index (Phi) is 6.63. The van der Waals surface area contributed by atoms with E-state index in [1.165, 1.54) is 11.8 Å². The summed E-state index contributed by atoms with van der Waals surface area (Å²) in [5, 5.41) is 11.7. The van der Waals surface area contributed by atoms with Crippen molar-refractivity contribution < 1.29 is 17.7 Å². The van der Waals surface area contributed by atoms with Crippen molar-refractivity contribution in [2.24, 2.45) is 5.14 Å². The van der Waals surface area contributed by atoms with E-state index in [4.69, 9.17) is 9.66 Å². The van der Waals surface area contributed by atoms with Crippen LogP contribution in [0.2, 0.25) is 0 Å². The molecule has 0 fully saturated rings. The second kappa shape index (κ2) is 8.50. The van der Waals surface area contributed by atoms with Crippen LogP contribution in [0.1, 0.15) is 28.1 Å². The van der Waals surface area contributed by atoms with Crippen molar-refractivity contribution in [1.29, 1.82) is 0 Å². The zero-order chi connectivity index (χ0) is 18.4. The van der Waals surface area contributed by atoms with Gasteiger partial charge in [0.15, 0.2) is 0 Å². The Morgan fingerprint density at radius 2 is 1.88 bits per heavy atom. The zero-order valence-electron chi connectivity index (χ0n) is 14.1. The van der Waals surface area contributed by atoms with Gasteiger partial charge in [0, 0.05) is 17.9 Å². The summed E-state index contributed by atoms with van der Waals surface area (Å²) >= 11 is 1.50. The van der Waals surface area contributed by atoms with Gasteiger partial charge in [-0.15, -0.1) is 11.8 Å². The largest absolute Gasteiger partial charge is 0.361 e. The minimum Gasteiger partial charge on any atom is -0.361 e. The SMILES string of the molecule is Cc1noc(C)c1CSCC(=O)NCc1ccc(CS(N)(=O)=O)cc1. The number of aryl methyl sites for hydroxylation is 2. The van der Waals surface area contributed by atoms with E-state index in [-0.39, 0.29) is 11.7 Å². The van der Waals surface area contributed by atoms with Gasteiger partial charge in [0.05, 0.1) is 17.2 Å². The summed E-state index contributed by atoms with van der Waals surface area (Å²) in [5.74, 6) is 1.54. The molecule has 2 rings (SSSR count). The average molecular weight is 383 g/mol. The molecule has 2 aromatic rings. The number of hydrogen-bond donors (Lipinski definition) is 2. The summed E-state index contributed by atoms with van der Waals surface area (Å²) in [5.41, 5.74) is 3.39. The van der Waals surface area contributed by atoms with Crippen molar-refractivity contribution in [2.45, 2.75) is 31.9 Å². The first kappa shape index (κ1) is 19.5. The minimum absolute atomic E-state index is 0.0645. The predicted octanol–water partition coefficient (Wildman–Crippen LogP) is 1.63. The van der Waals surface area contributed by atoms with Crippen LogP contribution < -0.4 is 10.5 Å². The Bertz CT molecular complexity index is 810. The van der Waals surface area contributed by atoms with Gasteiger partial charge in [-0.1, -0.05) is 29.4 Å². The molecule has 0 radical (unpaired) electrons. The lowest BCUT2D eigenvalue weighted by molar-refractivity contribution is -0.118. The third-order valence-corrected chi connectivity index (χ3v) is 5.24. The van der Waals surface area contributed by atoms with Crippen molar-refractivity contribution in [2.75, 3.05) is 5.75 Å². The van der Waals surface area contributed by atoms with E-state index in [9.17, 15) is 13.2 Å². The fourth-order valence-corrected chi connectivity index (χ4v) is 3.85. The van der Waals surface area contributed by atoms with Gasteiger partial charge in [0.25, 0.3) is 0 Å². The van der Waals surface area contributed by atoms with Crippen molar-refractivity contribution in [3.05, 3.63) is 52.4 Å². The molecule has 1 aromatic carbocycles. The Morgan fingerprint density at radius 3 is 2.44 bits per heavy atom. The van der Waals surface area contributed by atoms with E-state index in [2.05, 4.69) is 10.5 Å². The predicted molar refractivity (Wildman–Crippen MR) is 97.2 cm³/mol. The molecule has 0 saturated heterocycles. The molecule has 3 N–H and O–H groups in total. The number of aromatic nitrogens is 1. The summed E-state index contributed by atoms with van der Waals surface area (Å²) in [4.78, 5) is 11.9. The molecule has 1 amide bonds. The van der Waals surface area contributed by atoms with E-state index in [1.807, 2.05) is 13.8 Å². The van der Waals surface area contributed by atoms with Gasteiger partial charge in [-0.3, -0.25) is 4.79 Å². The number of nitrogens with one attached hydrogen (secondary N) is 1. The molecular weight excluding hydrogens is 362 g/mol. The number of thioether (sulfide) groups is 1. The summed E-state index contributed by atoms with van der Waals surface area (Å²) in [7, 11) is -3.53. The Hall–Kier alpha value is -1.84. The molecule has 0 atom stereocenters. The lowest BCUT2D eigenvalue weighted by Gasteiger charge is -2.06. The second-order valence-corrected chi connectivity index (χ2v) is 8.30. The van der Waals surface area contributed by atoms with Gasteiger partial charge in [0.1, 0.15) is 5.76 Å². The third-order valence-electron chi connectivity index (χ3n) is 3.54. The lowest BCUT2D eigenvalue weighted by Crippen LogP contribution is -2.24. The Morgan fingerprint density at radius 1 is 1.24 bits per heavy atom. The maximum atomic E-state index is 11.9. The monoisotopic (exact) mass is 383 g/mol. The molecule has 9 heteroatoms. The minimum atomic E-state index is -3.53. The van der Waals surface area contributed by atoms with Crippen LogP contribution in [0, 0.1) is 13.8 Å². The lowest BCUT2D eigenvalue weighted by atomic mass is 10.1. The molecule has 0 saturated carbocycles. The number of carbonyl (C=O) groups excluding carboxylic acids is 1. The van der Waals surface area contributed by atoms with E-state index < -0.39 is 10.0 Å². The van der Waals surface area contributed by atoms with Crippen molar-refractivity contribution in [3.8, 4) is 0 Å². The van der Waals surface area contributed by atoms with Crippen LogP contribution in [0.3, 0.4) is 0 Å². The van der Waals surface area contributed by atoms with Crippen LogP contribution in [0.15, 0.2) is 28.8 Å².